The van der Waals surface area contributed by atoms with Crippen LogP contribution in [0.2, 0.25) is 0 Å². The molecule has 0 bridgehead atoms. The third-order valence-corrected chi connectivity index (χ3v) is 3.27. The molecule has 2 aromatic heterocycles. The highest BCUT2D eigenvalue weighted by atomic mass is 32.1. The Labute approximate surface area is 110 Å². The number of rotatable bonds is 6. The van der Waals surface area contributed by atoms with Crippen molar-refractivity contribution in [2.75, 3.05) is 17.3 Å². The Hall–Kier alpha value is -1.66. The van der Waals surface area contributed by atoms with Crippen LogP contribution in [0.1, 0.15) is 18.3 Å². The average Bonchev–Trinajstić information content (AvgIpc) is 2.91. The highest BCUT2D eigenvalue weighted by Crippen LogP contribution is 2.11. The molecule has 0 aliphatic carbocycles. The van der Waals surface area contributed by atoms with Gasteiger partial charge in [-0.2, -0.15) is 11.3 Å². The summed E-state index contributed by atoms with van der Waals surface area (Å²) in [6, 6.07) is 3.95. The zero-order valence-corrected chi connectivity index (χ0v) is 11.1. The molecule has 0 saturated heterocycles. The normalized spacial score (nSPS) is 10.3. The van der Waals surface area contributed by atoms with E-state index < -0.39 is 0 Å². The van der Waals surface area contributed by atoms with Gasteiger partial charge in [-0.25, -0.2) is 15.8 Å². The molecular weight excluding hydrogens is 246 g/mol. The van der Waals surface area contributed by atoms with Gasteiger partial charge in [0.2, 0.25) is 0 Å². The summed E-state index contributed by atoms with van der Waals surface area (Å²) in [5.74, 6) is 7.61. The van der Waals surface area contributed by atoms with E-state index in [2.05, 4.69) is 37.5 Å². The van der Waals surface area contributed by atoms with Crippen LogP contribution in [0.5, 0.6) is 0 Å². The number of aryl methyl sites for hydroxylation is 1. The van der Waals surface area contributed by atoms with Crippen LogP contribution in [-0.4, -0.2) is 16.5 Å². The summed E-state index contributed by atoms with van der Waals surface area (Å²) in [6.07, 6.45) is 1.77. The van der Waals surface area contributed by atoms with Crippen molar-refractivity contribution in [3.8, 4) is 0 Å². The maximum Gasteiger partial charge on any atom is 0.145 e. The molecule has 0 aliphatic rings. The minimum atomic E-state index is 0.639. The first-order valence-electron chi connectivity index (χ1n) is 5.91. The summed E-state index contributed by atoms with van der Waals surface area (Å²) < 4.78 is 0. The van der Waals surface area contributed by atoms with Crippen LogP contribution in [0.15, 0.2) is 22.9 Å². The Morgan fingerprint density at radius 3 is 2.83 bits per heavy atom. The largest absolute Gasteiger partial charge is 0.370 e. The second-order valence-corrected chi connectivity index (χ2v) is 4.64. The number of hydrogen-bond acceptors (Lipinski definition) is 6. The van der Waals surface area contributed by atoms with Gasteiger partial charge in [-0.05, 0) is 28.8 Å². The Morgan fingerprint density at radius 1 is 1.33 bits per heavy atom. The lowest BCUT2D eigenvalue weighted by molar-refractivity contribution is 0.925. The lowest BCUT2D eigenvalue weighted by Crippen LogP contribution is -2.13. The molecule has 0 amide bonds. The van der Waals surface area contributed by atoms with Crippen LogP contribution in [0.4, 0.5) is 11.6 Å². The number of hydrazine groups is 1. The van der Waals surface area contributed by atoms with Gasteiger partial charge in [0, 0.05) is 19.0 Å². The lowest BCUT2D eigenvalue weighted by Gasteiger charge is -2.08. The molecule has 0 atom stereocenters. The zero-order valence-electron chi connectivity index (χ0n) is 10.3. The van der Waals surface area contributed by atoms with Crippen molar-refractivity contribution in [1.29, 1.82) is 0 Å². The third kappa shape index (κ3) is 3.41. The topological polar surface area (TPSA) is 75.9 Å². The molecule has 5 nitrogen and oxygen atoms in total. The van der Waals surface area contributed by atoms with Gasteiger partial charge in [0.25, 0.3) is 0 Å². The van der Waals surface area contributed by atoms with E-state index in [9.17, 15) is 0 Å². The molecule has 2 rings (SSSR count). The summed E-state index contributed by atoms with van der Waals surface area (Å²) in [4.78, 5) is 8.65. The first-order chi connectivity index (χ1) is 8.81. The van der Waals surface area contributed by atoms with Crippen molar-refractivity contribution in [2.45, 2.75) is 19.8 Å². The maximum atomic E-state index is 5.38. The van der Waals surface area contributed by atoms with Gasteiger partial charge in [-0.3, -0.25) is 0 Å². The first kappa shape index (κ1) is 12.8. The molecule has 0 aliphatic heterocycles. The molecule has 2 heterocycles. The van der Waals surface area contributed by atoms with E-state index in [1.807, 2.05) is 13.0 Å². The minimum absolute atomic E-state index is 0.639. The van der Waals surface area contributed by atoms with Crippen LogP contribution >= 0.6 is 11.3 Å². The first-order valence-corrected chi connectivity index (χ1v) is 6.85. The molecule has 4 N–H and O–H groups in total. The molecule has 6 heteroatoms. The van der Waals surface area contributed by atoms with Crippen molar-refractivity contribution in [3.05, 3.63) is 34.3 Å². The van der Waals surface area contributed by atoms with Gasteiger partial charge >= 0.3 is 0 Å². The van der Waals surface area contributed by atoms with E-state index in [1.165, 1.54) is 5.56 Å². The van der Waals surface area contributed by atoms with E-state index >= 15 is 0 Å². The number of nitrogen functional groups attached to an aromatic ring is 1. The number of thiophene rings is 1. The summed E-state index contributed by atoms with van der Waals surface area (Å²) in [5.41, 5.74) is 3.90. The second kappa shape index (κ2) is 6.32. The van der Waals surface area contributed by atoms with E-state index in [0.717, 1.165) is 31.0 Å². The van der Waals surface area contributed by atoms with Crippen LogP contribution in [-0.2, 0) is 12.8 Å². The molecule has 18 heavy (non-hydrogen) atoms. The van der Waals surface area contributed by atoms with Crippen molar-refractivity contribution in [3.63, 3.8) is 0 Å². The van der Waals surface area contributed by atoms with Gasteiger partial charge < -0.3 is 10.7 Å². The molecule has 0 aromatic carbocycles. The summed E-state index contributed by atoms with van der Waals surface area (Å²) in [7, 11) is 0. The summed E-state index contributed by atoms with van der Waals surface area (Å²) >= 11 is 1.72. The fourth-order valence-electron chi connectivity index (χ4n) is 1.59. The predicted molar refractivity (Wildman–Crippen MR) is 75.7 cm³/mol. The summed E-state index contributed by atoms with van der Waals surface area (Å²) in [6.45, 7) is 2.87. The Balaban J connectivity index is 1.95. The van der Waals surface area contributed by atoms with E-state index in [0.29, 0.717) is 5.82 Å². The Kier molecular flexibility index (Phi) is 4.49. The van der Waals surface area contributed by atoms with Crippen LogP contribution in [0.25, 0.3) is 0 Å². The smallest absolute Gasteiger partial charge is 0.145 e. The van der Waals surface area contributed by atoms with Crippen molar-refractivity contribution in [2.24, 2.45) is 5.84 Å². The van der Waals surface area contributed by atoms with Crippen LogP contribution < -0.4 is 16.6 Å². The Morgan fingerprint density at radius 2 is 2.17 bits per heavy atom. The standard InChI is InChI=1S/C12H17N5S/c1-2-10-15-11(7-12(16-10)17-13)14-5-3-9-4-6-18-8-9/h4,6-8H,2-3,5,13H2,1H3,(H2,14,15,16,17). The van der Waals surface area contributed by atoms with E-state index in [1.54, 1.807) is 11.3 Å². The number of nitrogens with one attached hydrogen (secondary N) is 2. The van der Waals surface area contributed by atoms with Gasteiger partial charge in [-0.15, -0.1) is 0 Å². The predicted octanol–water partition coefficient (Wildman–Crippen LogP) is 2.04. The van der Waals surface area contributed by atoms with Crippen LogP contribution in [0, 0.1) is 0 Å². The minimum Gasteiger partial charge on any atom is -0.370 e. The van der Waals surface area contributed by atoms with Crippen molar-refractivity contribution in [1.82, 2.24) is 9.97 Å². The number of anilines is 2. The SMILES string of the molecule is CCc1nc(NN)cc(NCCc2ccsc2)n1. The quantitative estimate of drug-likeness (QED) is 0.549. The zero-order chi connectivity index (χ0) is 12.8. The average molecular weight is 263 g/mol. The van der Waals surface area contributed by atoms with E-state index in [-0.39, 0.29) is 0 Å². The second-order valence-electron chi connectivity index (χ2n) is 3.86. The monoisotopic (exact) mass is 263 g/mol. The lowest BCUT2D eigenvalue weighted by atomic mass is 10.2. The van der Waals surface area contributed by atoms with Crippen molar-refractivity contribution >= 4 is 23.0 Å². The molecule has 2 aromatic rings. The number of aromatic nitrogens is 2. The number of nitrogens with zero attached hydrogens (tertiary/aromatic N) is 2. The van der Waals surface area contributed by atoms with Gasteiger partial charge in [-0.1, -0.05) is 6.92 Å². The van der Waals surface area contributed by atoms with Gasteiger partial charge in [0.15, 0.2) is 0 Å². The molecule has 0 fully saturated rings. The fourth-order valence-corrected chi connectivity index (χ4v) is 2.29. The molecule has 0 saturated carbocycles. The van der Waals surface area contributed by atoms with Crippen molar-refractivity contribution < 1.29 is 0 Å². The molecule has 96 valence electrons. The number of hydrogen-bond donors (Lipinski definition) is 3. The molecule has 0 spiro atoms. The molecule has 0 radical (unpaired) electrons. The maximum absolute atomic E-state index is 5.38. The Bertz CT molecular complexity index is 461. The fraction of sp³-hybridized carbons (Fsp3) is 0.333. The van der Waals surface area contributed by atoms with E-state index in [4.69, 9.17) is 5.84 Å². The summed E-state index contributed by atoms with van der Waals surface area (Å²) in [5, 5.41) is 7.54. The highest BCUT2D eigenvalue weighted by molar-refractivity contribution is 7.07. The highest BCUT2D eigenvalue weighted by Gasteiger charge is 2.02. The number of nitrogens with two attached hydrogens (primary N) is 1. The molecular formula is C12H17N5S. The third-order valence-electron chi connectivity index (χ3n) is 2.54. The van der Waals surface area contributed by atoms with Gasteiger partial charge in [0.05, 0.1) is 0 Å². The van der Waals surface area contributed by atoms with Gasteiger partial charge in [0.1, 0.15) is 17.5 Å². The molecule has 0 unspecified atom stereocenters. The van der Waals surface area contributed by atoms with Crippen LogP contribution in [0.3, 0.4) is 0 Å².